The molecule has 0 amide bonds. The van der Waals surface area contributed by atoms with Gasteiger partial charge < -0.3 is 15.9 Å². The molecule has 0 aliphatic carbocycles. The Kier molecular flexibility index (Phi) is 6.75. The summed E-state index contributed by atoms with van der Waals surface area (Å²) in [5, 5.41) is 13.3. The standard InChI is InChI=1S/C12H18N4O/c13-6-7-15-8-9-16(17-11-14)10-12-4-2-1-3-5-12/h1-5,15H,6-10,13H2. The van der Waals surface area contributed by atoms with Gasteiger partial charge in [0.15, 0.2) is 0 Å². The van der Waals surface area contributed by atoms with Crippen molar-refractivity contribution < 1.29 is 4.84 Å². The third kappa shape index (κ3) is 5.88. The monoisotopic (exact) mass is 234 g/mol. The summed E-state index contributed by atoms with van der Waals surface area (Å²) in [5.41, 5.74) is 6.48. The summed E-state index contributed by atoms with van der Waals surface area (Å²) in [6.45, 7) is 3.36. The lowest BCUT2D eigenvalue weighted by molar-refractivity contribution is -0.0983. The van der Waals surface area contributed by atoms with Crippen LogP contribution in [0.1, 0.15) is 5.56 Å². The largest absolute Gasteiger partial charge is 0.329 e. The predicted octanol–water partition coefficient (Wildman–Crippen LogP) is 0.450. The van der Waals surface area contributed by atoms with Crippen molar-refractivity contribution in [2.75, 3.05) is 26.2 Å². The maximum atomic E-state index is 8.56. The van der Waals surface area contributed by atoms with Gasteiger partial charge in [-0.3, -0.25) is 0 Å². The number of hydrogen-bond acceptors (Lipinski definition) is 5. The molecule has 0 atom stereocenters. The molecule has 5 nitrogen and oxygen atoms in total. The molecule has 0 aliphatic heterocycles. The molecular formula is C12H18N4O. The molecule has 1 aromatic rings. The van der Waals surface area contributed by atoms with Crippen LogP contribution in [-0.4, -0.2) is 31.2 Å². The van der Waals surface area contributed by atoms with E-state index in [1.54, 1.807) is 11.3 Å². The van der Waals surface area contributed by atoms with Crippen molar-refractivity contribution in [1.82, 2.24) is 10.4 Å². The summed E-state index contributed by atoms with van der Waals surface area (Å²) in [5.74, 6) is 0. The van der Waals surface area contributed by atoms with E-state index in [4.69, 9.17) is 15.8 Å². The summed E-state index contributed by atoms with van der Waals surface area (Å²) in [6.07, 6.45) is 1.70. The van der Waals surface area contributed by atoms with E-state index in [-0.39, 0.29) is 0 Å². The molecule has 0 fully saturated rings. The predicted molar refractivity (Wildman–Crippen MR) is 65.5 cm³/mol. The second-order valence-corrected chi connectivity index (χ2v) is 3.57. The zero-order chi connectivity index (χ0) is 12.3. The molecule has 0 bridgehead atoms. The summed E-state index contributed by atoms with van der Waals surface area (Å²) in [7, 11) is 0. The van der Waals surface area contributed by atoms with Crippen molar-refractivity contribution in [3.63, 3.8) is 0 Å². The van der Waals surface area contributed by atoms with Crippen LogP contribution in [0, 0.1) is 11.5 Å². The van der Waals surface area contributed by atoms with Crippen molar-refractivity contribution in [3.8, 4) is 6.26 Å². The molecule has 0 aliphatic rings. The van der Waals surface area contributed by atoms with Gasteiger partial charge in [0.05, 0.1) is 6.54 Å². The Morgan fingerprint density at radius 2 is 2.06 bits per heavy atom. The van der Waals surface area contributed by atoms with Crippen molar-refractivity contribution in [2.24, 2.45) is 5.73 Å². The van der Waals surface area contributed by atoms with Gasteiger partial charge in [-0.15, -0.1) is 10.3 Å². The van der Waals surface area contributed by atoms with Gasteiger partial charge in [0, 0.05) is 26.2 Å². The maximum absolute atomic E-state index is 8.56. The Hall–Kier alpha value is -1.61. The van der Waals surface area contributed by atoms with E-state index < -0.39 is 0 Å². The molecule has 92 valence electrons. The van der Waals surface area contributed by atoms with Crippen molar-refractivity contribution >= 4 is 0 Å². The minimum absolute atomic E-state index is 0.596. The van der Waals surface area contributed by atoms with Gasteiger partial charge in [-0.1, -0.05) is 30.3 Å². The van der Waals surface area contributed by atoms with E-state index >= 15 is 0 Å². The van der Waals surface area contributed by atoms with Crippen molar-refractivity contribution in [3.05, 3.63) is 35.9 Å². The van der Waals surface area contributed by atoms with Crippen LogP contribution >= 0.6 is 0 Å². The average Bonchev–Trinajstić information content (AvgIpc) is 2.36. The van der Waals surface area contributed by atoms with E-state index in [0.717, 1.165) is 18.7 Å². The van der Waals surface area contributed by atoms with Crippen LogP contribution < -0.4 is 11.1 Å². The number of nitriles is 1. The molecule has 0 saturated carbocycles. The Labute approximate surface area is 102 Å². The Balaban J connectivity index is 2.35. The minimum atomic E-state index is 0.596. The number of hydrogen-bond donors (Lipinski definition) is 2. The average molecular weight is 234 g/mol. The van der Waals surface area contributed by atoms with Crippen LogP contribution in [-0.2, 0) is 11.4 Å². The van der Waals surface area contributed by atoms with Crippen LogP contribution in [0.4, 0.5) is 0 Å². The number of nitrogens with one attached hydrogen (secondary N) is 1. The smallest absolute Gasteiger partial charge is 0.307 e. The number of nitrogens with two attached hydrogens (primary N) is 1. The summed E-state index contributed by atoms with van der Waals surface area (Å²) in [6, 6.07) is 9.89. The third-order valence-corrected chi connectivity index (χ3v) is 2.23. The van der Waals surface area contributed by atoms with Gasteiger partial charge in [0.1, 0.15) is 0 Å². The highest BCUT2D eigenvalue weighted by Gasteiger charge is 2.06. The first-order chi connectivity index (χ1) is 8.36. The number of rotatable bonds is 8. The summed E-state index contributed by atoms with van der Waals surface area (Å²) >= 11 is 0. The molecule has 0 spiro atoms. The quantitative estimate of drug-likeness (QED) is 0.388. The fourth-order valence-electron chi connectivity index (χ4n) is 1.43. The van der Waals surface area contributed by atoms with Crippen LogP contribution in [0.3, 0.4) is 0 Å². The molecule has 0 aromatic heterocycles. The zero-order valence-electron chi connectivity index (χ0n) is 9.80. The number of nitrogens with zero attached hydrogens (tertiary/aromatic N) is 2. The van der Waals surface area contributed by atoms with E-state index in [9.17, 15) is 0 Å². The first-order valence-electron chi connectivity index (χ1n) is 5.62. The highest BCUT2D eigenvalue weighted by atomic mass is 16.7. The normalized spacial score (nSPS) is 10.2. The molecule has 0 unspecified atom stereocenters. The van der Waals surface area contributed by atoms with E-state index in [1.165, 1.54) is 0 Å². The second kappa shape index (κ2) is 8.53. The molecule has 5 heteroatoms. The molecule has 0 heterocycles. The van der Waals surface area contributed by atoms with Crippen LogP contribution in [0.2, 0.25) is 0 Å². The first kappa shape index (κ1) is 13.5. The first-order valence-corrected chi connectivity index (χ1v) is 5.62. The lowest BCUT2D eigenvalue weighted by Gasteiger charge is -2.17. The lowest BCUT2D eigenvalue weighted by atomic mass is 10.2. The molecule has 0 saturated heterocycles. The van der Waals surface area contributed by atoms with Crippen molar-refractivity contribution in [1.29, 1.82) is 5.26 Å². The zero-order valence-corrected chi connectivity index (χ0v) is 9.80. The topological polar surface area (TPSA) is 74.3 Å². The number of benzene rings is 1. The molecule has 1 rings (SSSR count). The van der Waals surface area contributed by atoms with Gasteiger partial charge in [-0.25, -0.2) is 0 Å². The summed E-state index contributed by atoms with van der Waals surface area (Å²) < 4.78 is 0. The Morgan fingerprint density at radius 1 is 1.29 bits per heavy atom. The third-order valence-electron chi connectivity index (χ3n) is 2.23. The van der Waals surface area contributed by atoms with Gasteiger partial charge in [-0.2, -0.15) is 0 Å². The van der Waals surface area contributed by atoms with Gasteiger partial charge >= 0.3 is 6.26 Å². The lowest BCUT2D eigenvalue weighted by Crippen LogP contribution is -2.33. The van der Waals surface area contributed by atoms with Crippen molar-refractivity contribution in [2.45, 2.75) is 6.54 Å². The van der Waals surface area contributed by atoms with Gasteiger partial charge in [0.25, 0.3) is 0 Å². The fraction of sp³-hybridized carbons (Fsp3) is 0.417. The Morgan fingerprint density at radius 3 is 2.71 bits per heavy atom. The highest BCUT2D eigenvalue weighted by molar-refractivity contribution is 5.14. The molecule has 17 heavy (non-hydrogen) atoms. The van der Waals surface area contributed by atoms with Crippen LogP contribution in [0.5, 0.6) is 0 Å². The number of hydroxylamine groups is 2. The summed E-state index contributed by atoms with van der Waals surface area (Å²) in [4.78, 5) is 4.89. The van der Waals surface area contributed by atoms with Crippen LogP contribution in [0.15, 0.2) is 30.3 Å². The van der Waals surface area contributed by atoms with Gasteiger partial charge in [0.2, 0.25) is 0 Å². The highest BCUT2D eigenvalue weighted by Crippen LogP contribution is 2.03. The molecule has 0 radical (unpaired) electrons. The molecule has 3 N–H and O–H groups in total. The molecule has 1 aromatic carbocycles. The maximum Gasteiger partial charge on any atom is 0.307 e. The van der Waals surface area contributed by atoms with E-state index in [0.29, 0.717) is 19.6 Å². The Bertz CT molecular complexity index is 336. The van der Waals surface area contributed by atoms with Gasteiger partial charge in [-0.05, 0) is 5.56 Å². The minimum Gasteiger partial charge on any atom is -0.329 e. The van der Waals surface area contributed by atoms with Crippen LogP contribution in [0.25, 0.3) is 0 Å². The second-order valence-electron chi connectivity index (χ2n) is 3.57. The fourth-order valence-corrected chi connectivity index (χ4v) is 1.43. The molecular weight excluding hydrogens is 216 g/mol. The van der Waals surface area contributed by atoms with E-state index in [1.807, 2.05) is 30.3 Å². The van der Waals surface area contributed by atoms with E-state index in [2.05, 4.69) is 5.32 Å². The SMILES string of the molecule is N#CON(CCNCCN)Cc1ccccc1.